The van der Waals surface area contributed by atoms with Gasteiger partial charge in [-0.25, -0.2) is 4.98 Å². The van der Waals surface area contributed by atoms with Gasteiger partial charge in [0.1, 0.15) is 24.2 Å². The number of nitrogens with one attached hydrogen (secondary N) is 1. The van der Waals surface area contributed by atoms with Gasteiger partial charge in [-0.1, -0.05) is 5.16 Å². The molecule has 2 amide bonds. The van der Waals surface area contributed by atoms with Crippen molar-refractivity contribution in [1.82, 2.24) is 15.2 Å². The van der Waals surface area contributed by atoms with Gasteiger partial charge in [0.15, 0.2) is 29.8 Å². The maximum Gasteiger partial charge on any atom is 0.276 e. The van der Waals surface area contributed by atoms with E-state index < -0.39 is 29.2 Å². The minimum absolute atomic E-state index is 0.146. The van der Waals surface area contributed by atoms with Crippen molar-refractivity contribution in [3.8, 4) is 0 Å². The van der Waals surface area contributed by atoms with Crippen LogP contribution in [-0.2, 0) is 25.8 Å². The molecule has 2 aliphatic rings. The van der Waals surface area contributed by atoms with E-state index in [9.17, 15) is 19.5 Å². The number of aromatic nitrogens is 2. The van der Waals surface area contributed by atoms with E-state index in [4.69, 9.17) is 16.3 Å². The molecule has 2 aliphatic heterocycles. The van der Waals surface area contributed by atoms with Crippen molar-refractivity contribution < 1.29 is 28.9 Å². The third-order valence-corrected chi connectivity index (χ3v) is 6.96. The zero-order valence-electron chi connectivity index (χ0n) is 17.3. The van der Waals surface area contributed by atoms with Gasteiger partial charge in [-0.2, -0.15) is 4.57 Å². The van der Waals surface area contributed by atoms with Gasteiger partial charge in [-0.3, -0.25) is 14.5 Å². The van der Waals surface area contributed by atoms with Gasteiger partial charge < -0.3 is 31.5 Å². The average molecular weight is 490 g/mol. The lowest BCUT2D eigenvalue weighted by molar-refractivity contribution is -0.688. The number of carboxylic acids is 1. The van der Waals surface area contributed by atoms with E-state index in [2.05, 4.69) is 15.5 Å². The predicted molar refractivity (Wildman–Crippen MR) is 118 cm³/mol. The number of rotatable bonds is 7. The predicted octanol–water partition coefficient (Wildman–Crippen LogP) is -1.95. The van der Waals surface area contributed by atoms with E-state index >= 15 is 0 Å². The van der Waals surface area contributed by atoms with Crippen LogP contribution in [0.4, 0.5) is 10.8 Å². The Kier molecular flexibility index (Phi) is 6.20. The molecule has 4 rings (SSSR count). The summed E-state index contributed by atoms with van der Waals surface area (Å²) in [7, 11) is 1.27. The molecule has 0 aromatic carbocycles. The number of fused-ring (bicyclic) bond motifs is 1. The number of nitrogens with zero attached hydrogens (tertiary/aromatic N) is 4. The number of aliphatic carboxylic acids is 1. The van der Waals surface area contributed by atoms with Crippen molar-refractivity contribution in [3.05, 3.63) is 46.9 Å². The van der Waals surface area contributed by atoms with Crippen LogP contribution in [0.15, 0.2) is 46.3 Å². The van der Waals surface area contributed by atoms with E-state index in [1.165, 1.54) is 24.3 Å². The standard InChI is InChI=1S/C19H19N7O5S2/c1-31-24-12(11-8-33-19(21)22-11)15(27)23-13-16(28)26-14(18(29)30)9(7-32-17(13)26)5-25-4-2-3-10(20)6-25/h2-4,6,8,13,17H,5,7,20H2,1H3,(H3-,21,22,23,27,29,30)/t13?,17-/m0/s1. The van der Waals surface area contributed by atoms with Crippen LogP contribution in [0, 0.1) is 0 Å². The highest BCUT2D eigenvalue weighted by Gasteiger charge is 2.53. The summed E-state index contributed by atoms with van der Waals surface area (Å²) in [4.78, 5) is 47.4. The van der Waals surface area contributed by atoms with Crippen molar-refractivity contribution in [2.45, 2.75) is 18.0 Å². The molecule has 0 spiro atoms. The molecule has 5 N–H and O–H groups in total. The molecule has 1 fully saturated rings. The first-order chi connectivity index (χ1) is 15.8. The van der Waals surface area contributed by atoms with E-state index in [-0.39, 0.29) is 28.8 Å². The van der Waals surface area contributed by atoms with Gasteiger partial charge in [0.2, 0.25) is 0 Å². The lowest BCUT2D eigenvalue weighted by Gasteiger charge is -2.50. The third kappa shape index (κ3) is 4.34. The van der Waals surface area contributed by atoms with Gasteiger partial charge in [0, 0.05) is 22.8 Å². The SMILES string of the molecule is CON=C(C(=O)NC1C(=O)N2C(C(=O)[O-])=C(C[n+]3cccc(N)c3)CS[C@@H]12)c1csc(N)n1. The Morgan fingerprint density at radius 2 is 2.24 bits per heavy atom. The fraction of sp³-hybridized carbons (Fsp3) is 0.263. The lowest BCUT2D eigenvalue weighted by atomic mass is 10.0. The van der Waals surface area contributed by atoms with E-state index in [0.717, 1.165) is 16.2 Å². The number of hydrogen-bond donors (Lipinski definition) is 3. The summed E-state index contributed by atoms with van der Waals surface area (Å²) < 4.78 is 1.73. The maximum atomic E-state index is 12.9. The van der Waals surface area contributed by atoms with Crippen LogP contribution in [0.5, 0.6) is 0 Å². The topological polar surface area (TPSA) is 180 Å². The number of thiazole rings is 1. The van der Waals surface area contributed by atoms with Crippen LogP contribution in [0.25, 0.3) is 0 Å². The molecule has 2 aromatic rings. The smallest absolute Gasteiger partial charge is 0.276 e. The van der Waals surface area contributed by atoms with Gasteiger partial charge in [-0.05, 0) is 6.07 Å². The van der Waals surface area contributed by atoms with Crippen LogP contribution >= 0.6 is 23.1 Å². The largest absolute Gasteiger partial charge is 0.543 e. The molecular weight excluding hydrogens is 470 g/mol. The van der Waals surface area contributed by atoms with Crippen LogP contribution in [0.1, 0.15) is 5.69 Å². The first-order valence-electron chi connectivity index (χ1n) is 9.56. The van der Waals surface area contributed by atoms with Crippen molar-refractivity contribution in [2.75, 3.05) is 24.3 Å². The second kappa shape index (κ2) is 9.07. The third-order valence-electron chi connectivity index (χ3n) is 4.94. The number of anilines is 2. The number of carboxylic acid groups (broad SMARTS) is 1. The molecular formula is C19H19N7O5S2. The number of carbonyl (C=O) groups is 3. The normalized spacial score (nSPS) is 20.2. The number of carbonyl (C=O) groups excluding carboxylic acids is 3. The Balaban J connectivity index is 1.54. The second-order valence-electron chi connectivity index (χ2n) is 7.10. The molecule has 14 heteroatoms. The molecule has 0 bridgehead atoms. The summed E-state index contributed by atoms with van der Waals surface area (Å²) in [5.41, 5.74) is 12.3. The molecule has 4 heterocycles. The zero-order valence-corrected chi connectivity index (χ0v) is 18.9. The molecule has 2 aromatic heterocycles. The van der Waals surface area contributed by atoms with Crippen LogP contribution < -0.4 is 26.5 Å². The van der Waals surface area contributed by atoms with Gasteiger partial charge in [-0.15, -0.1) is 23.1 Å². The fourth-order valence-corrected chi connectivity index (χ4v) is 5.44. The monoisotopic (exact) mass is 489 g/mol. The van der Waals surface area contributed by atoms with Crippen molar-refractivity contribution >= 4 is 57.4 Å². The molecule has 12 nitrogen and oxygen atoms in total. The highest BCUT2D eigenvalue weighted by molar-refractivity contribution is 8.00. The van der Waals surface area contributed by atoms with E-state index in [0.29, 0.717) is 17.0 Å². The average Bonchev–Trinajstić information content (AvgIpc) is 3.21. The summed E-state index contributed by atoms with van der Waals surface area (Å²) >= 11 is 2.46. The number of pyridine rings is 1. The number of hydrogen-bond acceptors (Lipinski definition) is 11. The summed E-state index contributed by atoms with van der Waals surface area (Å²) in [6.45, 7) is 0.227. The molecule has 33 heavy (non-hydrogen) atoms. The summed E-state index contributed by atoms with van der Waals surface area (Å²) in [6, 6.07) is 2.50. The van der Waals surface area contributed by atoms with Gasteiger partial charge >= 0.3 is 0 Å². The Morgan fingerprint density at radius 1 is 1.45 bits per heavy atom. The Labute approximate surface area is 195 Å². The van der Waals surface area contributed by atoms with E-state index in [1.807, 2.05) is 0 Å². The molecule has 2 atom stereocenters. The number of β-lactam (4-membered cyclic amide) rings is 1. The highest BCUT2D eigenvalue weighted by atomic mass is 32.2. The maximum absolute atomic E-state index is 12.9. The zero-order chi connectivity index (χ0) is 23.7. The summed E-state index contributed by atoms with van der Waals surface area (Å²) in [5.74, 6) is -2.39. The number of nitrogen functional groups attached to an aromatic ring is 2. The first-order valence-corrected chi connectivity index (χ1v) is 11.5. The van der Waals surface area contributed by atoms with Gasteiger partial charge in [0.25, 0.3) is 11.8 Å². The van der Waals surface area contributed by atoms with Gasteiger partial charge in [0.05, 0.1) is 17.4 Å². The first kappa shape index (κ1) is 22.5. The molecule has 0 saturated carbocycles. The minimum Gasteiger partial charge on any atom is -0.543 e. The number of thioether (sulfide) groups is 1. The minimum atomic E-state index is -1.46. The molecule has 0 aliphatic carbocycles. The van der Waals surface area contributed by atoms with Crippen LogP contribution in [0.2, 0.25) is 0 Å². The highest BCUT2D eigenvalue weighted by Crippen LogP contribution is 2.40. The van der Waals surface area contributed by atoms with Crippen molar-refractivity contribution in [1.29, 1.82) is 0 Å². The Bertz CT molecular complexity index is 1190. The molecule has 1 unspecified atom stereocenters. The van der Waals surface area contributed by atoms with Crippen LogP contribution in [-0.4, -0.2) is 57.7 Å². The molecule has 172 valence electrons. The van der Waals surface area contributed by atoms with Crippen molar-refractivity contribution in [3.63, 3.8) is 0 Å². The van der Waals surface area contributed by atoms with Crippen molar-refractivity contribution in [2.24, 2.45) is 5.16 Å². The Hall–Kier alpha value is -3.65. The second-order valence-corrected chi connectivity index (χ2v) is 9.10. The van der Waals surface area contributed by atoms with E-state index in [1.54, 1.807) is 29.1 Å². The summed E-state index contributed by atoms with van der Waals surface area (Å²) in [6.07, 6.45) is 3.41. The molecule has 0 radical (unpaired) electrons. The summed E-state index contributed by atoms with van der Waals surface area (Å²) in [5, 5.41) is 19.4. The van der Waals surface area contributed by atoms with Crippen LogP contribution in [0.3, 0.4) is 0 Å². The molecule has 1 saturated heterocycles. The Morgan fingerprint density at radius 3 is 2.88 bits per heavy atom. The number of oxime groups is 1. The quantitative estimate of drug-likeness (QED) is 0.172. The lowest BCUT2D eigenvalue weighted by Crippen LogP contribution is -2.71. The fourth-order valence-electron chi connectivity index (χ4n) is 3.56. The number of nitrogens with two attached hydrogens (primary N) is 2. The number of amides is 2.